The number of rotatable bonds is 3. The molecule has 0 amide bonds. The molecule has 0 radical (unpaired) electrons. The third kappa shape index (κ3) is 6.36. The van der Waals surface area contributed by atoms with Gasteiger partial charge in [0.25, 0.3) is 0 Å². The highest BCUT2D eigenvalue weighted by atomic mass is 16.5. The van der Waals surface area contributed by atoms with E-state index in [1.165, 1.54) is 0 Å². The van der Waals surface area contributed by atoms with Crippen LogP contribution >= 0.6 is 0 Å². The molecule has 0 saturated heterocycles. The van der Waals surface area contributed by atoms with Crippen molar-refractivity contribution in [1.29, 1.82) is 0 Å². The molecule has 0 aliphatic rings. The van der Waals surface area contributed by atoms with Crippen LogP contribution in [0.5, 0.6) is 0 Å². The third-order valence-corrected chi connectivity index (χ3v) is 1.92. The summed E-state index contributed by atoms with van der Waals surface area (Å²) in [6.07, 6.45) is 0. The van der Waals surface area contributed by atoms with Gasteiger partial charge in [0.05, 0.1) is 12.2 Å². The Morgan fingerprint density at radius 1 is 1.09 bits per heavy atom. The fraction of sp³-hybridized carbons (Fsp3) is 1.00. The number of ether oxygens (including phenoxy) is 1. The van der Waals surface area contributed by atoms with E-state index in [0.29, 0.717) is 5.92 Å². The summed E-state index contributed by atoms with van der Waals surface area (Å²) >= 11 is 0. The summed E-state index contributed by atoms with van der Waals surface area (Å²) < 4.78 is 5.65. The van der Waals surface area contributed by atoms with Gasteiger partial charge in [-0.2, -0.15) is 0 Å². The van der Waals surface area contributed by atoms with Gasteiger partial charge in [-0.15, -0.1) is 0 Å². The summed E-state index contributed by atoms with van der Waals surface area (Å²) in [7, 11) is 0. The zero-order valence-electron chi connectivity index (χ0n) is 8.77. The van der Waals surface area contributed by atoms with Crippen molar-refractivity contribution in [3.05, 3.63) is 0 Å². The smallest absolute Gasteiger partial charge is 0.0598 e. The Labute approximate surface area is 71.1 Å². The topological polar surface area (TPSA) is 9.23 Å². The number of hydrogen-bond acceptors (Lipinski definition) is 1. The Bertz CT molecular complexity index is 99.9. The lowest BCUT2D eigenvalue weighted by atomic mass is 9.99. The zero-order valence-corrected chi connectivity index (χ0v) is 8.77. The van der Waals surface area contributed by atoms with E-state index in [4.69, 9.17) is 4.74 Å². The van der Waals surface area contributed by atoms with Gasteiger partial charge < -0.3 is 4.74 Å². The maximum Gasteiger partial charge on any atom is 0.0598 e. The average molecular weight is 158 g/mol. The van der Waals surface area contributed by atoms with Gasteiger partial charge in [0.2, 0.25) is 0 Å². The second-order valence-electron chi connectivity index (χ2n) is 4.64. The zero-order chi connectivity index (χ0) is 9.07. The largest absolute Gasteiger partial charge is 0.376 e. The molecular weight excluding hydrogens is 136 g/mol. The Morgan fingerprint density at radius 3 is 1.82 bits per heavy atom. The monoisotopic (exact) mass is 158 g/mol. The molecule has 0 aromatic carbocycles. The van der Waals surface area contributed by atoms with Crippen LogP contribution in [-0.2, 0) is 4.74 Å². The molecule has 0 aromatic rings. The van der Waals surface area contributed by atoms with Crippen LogP contribution in [0.2, 0.25) is 0 Å². The minimum absolute atomic E-state index is 0.0170. The molecule has 1 nitrogen and oxygen atoms in total. The van der Waals surface area contributed by atoms with Crippen molar-refractivity contribution in [2.75, 3.05) is 6.61 Å². The van der Waals surface area contributed by atoms with Crippen molar-refractivity contribution in [1.82, 2.24) is 0 Å². The molecule has 0 spiro atoms. The molecule has 0 fully saturated rings. The summed E-state index contributed by atoms with van der Waals surface area (Å²) in [5.74, 6) is 1.38. The Balaban J connectivity index is 3.54. The van der Waals surface area contributed by atoms with Gasteiger partial charge in [0.15, 0.2) is 0 Å². The molecular formula is C10H22O. The molecule has 1 heteroatoms. The summed E-state index contributed by atoms with van der Waals surface area (Å²) in [6, 6.07) is 0. The summed E-state index contributed by atoms with van der Waals surface area (Å²) in [5.41, 5.74) is 0.0170. The summed E-state index contributed by atoms with van der Waals surface area (Å²) in [6.45, 7) is 13.9. The van der Waals surface area contributed by atoms with E-state index in [2.05, 4.69) is 41.5 Å². The summed E-state index contributed by atoms with van der Waals surface area (Å²) in [4.78, 5) is 0. The van der Waals surface area contributed by atoms with Gasteiger partial charge in [-0.05, 0) is 32.6 Å². The van der Waals surface area contributed by atoms with Crippen LogP contribution in [0.4, 0.5) is 0 Å². The lowest BCUT2D eigenvalue weighted by Gasteiger charge is -2.24. The van der Waals surface area contributed by atoms with Crippen LogP contribution in [0.25, 0.3) is 0 Å². The quantitative estimate of drug-likeness (QED) is 0.613. The van der Waals surface area contributed by atoms with Crippen LogP contribution in [0.3, 0.4) is 0 Å². The third-order valence-electron chi connectivity index (χ3n) is 1.92. The van der Waals surface area contributed by atoms with Crippen LogP contribution in [0, 0.1) is 11.8 Å². The van der Waals surface area contributed by atoms with E-state index >= 15 is 0 Å². The first-order valence-corrected chi connectivity index (χ1v) is 4.47. The van der Waals surface area contributed by atoms with Crippen molar-refractivity contribution in [3.63, 3.8) is 0 Å². The van der Waals surface area contributed by atoms with E-state index < -0.39 is 0 Å². The van der Waals surface area contributed by atoms with Gasteiger partial charge in [-0.25, -0.2) is 0 Å². The molecule has 0 heterocycles. The fourth-order valence-corrected chi connectivity index (χ4v) is 0.574. The minimum Gasteiger partial charge on any atom is -0.376 e. The van der Waals surface area contributed by atoms with Gasteiger partial charge in [0.1, 0.15) is 0 Å². The van der Waals surface area contributed by atoms with E-state index in [9.17, 15) is 0 Å². The highest BCUT2D eigenvalue weighted by Gasteiger charge is 2.14. The lowest BCUT2D eigenvalue weighted by Crippen LogP contribution is -2.24. The standard InChI is InChI=1S/C10H22O/c1-8(2)9(3)7-11-10(4,5)6/h8-9H,7H2,1-6H3/t9-/m1/s1. The van der Waals surface area contributed by atoms with Crippen molar-refractivity contribution in [2.45, 2.75) is 47.1 Å². The maximum absolute atomic E-state index is 5.65. The Kier molecular flexibility index (Phi) is 4.09. The van der Waals surface area contributed by atoms with Gasteiger partial charge >= 0.3 is 0 Å². The SMILES string of the molecule is CC(C)[C@H](C)COC(C)(C)C. The van der Waals surface area contributed by atoms with Crippen molar-refractivity contribution < 1.29 is 4.74 Å². The highest BCUT2D eigenvalue weighted by Crippen LogP contribution is 2.14. The van der Waals surface area contributed by atoms with Crippen molar-refractivity contribution in [3.8, 4) is 0 Å². The molecule has 0 bridgehead atoms. The second kappa shape index (κ2) is 4.10. The van der Waals surface area contributed by atoms with Gasteiger partial charge in [-0.3, -0.25) is 0 Å². The molecule has 0 aliphatic carbocycles. The molecule has 0 unspecified atom stereocenters. The molecule has 68 valence electrons. The first kappa shape index (κ1) is 11.0. The molecule has 0 aromatic heterocycles. The fourth-order valence-electron chi connectivity index (χ4n) is 0.574. The predicted molar refractivity (Wildman–Crippen MR) is 49.7 cm³/mol. The van der Waals surface area contributed by atoms with Crippen LogP contribution in [-0.4, -0.2) is 12.2 Å². The molecule has 11 heavy (non-hydrogen) atoms. The van der Waals surface area contributed by atoms with Crippen molar-refractivity contribution >= 4 is 0 Å². The number of hydrogen-bond donors (Lipinski definition) is 0. The van der Waals surface area contributed by atoms with E-state index in [-0.39, 0.29) is 5.60 Å². The molecule has 0 saturated carbocycles. The predicted octanol–water partition coefficient (Wildman–Crippen LogP) is 3.09. The van der Waals surface area contributed by atoms with Crippen molar-refractivity contribution in [2.24, 2.45) is 11.8 Å². The van der Waals surface area contributed by atoms with Gasteiger partial charge in [0, 0.05) is 0 Å². The molecule has 0 aliphatic heterocycles. The highest BCUT2D eigenvalue weighted by molar-refractivity contribution is 4.62. The first-order valence-electron chi connectivity index (χ1n) is 4.47. The molecule has 1 atom stereocenters. The molecule has 0 rings (SSSR count). The lowest BCUT2D eigenvalue weighted by molar-refractivity contribution is -0.0262. The Hall–Kier alpha value is -0.0400. The normalized spacial score (nSPS) is 15.5. The molecule has 0 N–H and O–H groups in total. The second-order valence-corrected chi connectivity index (χ2v) is 4.64. The Morgan fingerprint density at radius 2 is 1.55 bits per heavy atom. The van der Waals surface area contributed by atoms with Crippen LogP contribution in [0.15, 0.2) is 0 Å². The van der Waals surface area contributed by atoms with E-state index in [1.807, 2.05) is 0 Å². The average Bonchev–Trinajstić information content (AvgIpc) is 1.80. The maximum atomic E-state index is 5.65. The summed E-state index contributed by atoms with van der Waals surface area (Å²) in [5, 5.41) is 0. The minimum atomic E-state index is 0.0170. The first-order chi connectivity index (χ1) is 4.83. The van der Waals surface area contributed by atoms with E-state index in [1.54, 1.807) is 0 Å². The van der Waals surface area contributed by atoms with Gasteiger partial charge in [-0.1, -0.05) is 20.8 Å². The van der Waals surface area contributed by atoms with Crippen LogP contribution in [0.1, 0.15) is 41.5 Å². The van der Waals surface area contributed by atoms with Crippen LogP contribution < -0.4 is 0 Å². The van der Waals surface area contributed by atoms with E-state index in [0.717, 1.165) is 12.5 Å².